The maximum Gasteiger partial charge on any atom is 0.118 e. The Morgan fingerprint density at radius 3 is 3.00 bits per heavy atom. The lowest BCUT2D eigenvalue weighted by Gasteiger charge is -1.99. The molecule has 0 aliphatic rings. The Bertz CT molecular complexity index is 444. The zero-order valence-electron chi connectivity index (χ0n) is 7.40. The van der Waals surface area contributed by atoms with Crippen LogP contribution in [0.5, 0.6) is 0 Å². The van der Waals surface area contributed by atoms with E-state index in [0.717, 1.165) is 20.2 Å². The lowest BCUT2D eigenvalue weighted by molar-refractivity contribution is 0.527. The smallest absolute Gasteiger partial charge is 0.118 e. The van der Waals surface area contributed by atoms with E-state index in [1.807, 2.05) is 13.0 Å². The summed E-state index contributed by atoms with van der Waals surface area (Å²) in [4.78, 5) is 9.13. The van der Waals surface area contributed by atoms with Crippen LogP contribution in [-0.2, 0) is 0 Å². The van der Waals surface area contributed by atoms with E-state index in [4.69, 9.17) is 4.42 Å². The molecule has 0 spiro atoms. The standard InChI is InChI=1S/C9H7BrN2OS/c1-6-8(2-3-13-6)14-9-7(10)4-11-5-12-9/h2-5H,1H3. The number of halogens is 1. The van der Waals surface area contributed by atoms with E-state index in [1.54, 1.807) is 24.2 Å². The van der Waals surface area contributed by atoms with Gasteiger partial charge in [0.25, 0.3) is 0 Å². The molecule has 72 valence electrons. The molecule has 0 fully saturated rings. The second-order valence-electron chi connectivity index (χ2n) is 2.62. The molecule has 2 aromatic heterocycles. The highest BCUT2D eigenvalue weighted by atomic mass is 79.9. The zero-order chi connectivity index (χ0) is 9.97. The molecular formula is C9H7BrN2OS. The Kier molecular flexibility index (Phi) is 2.88. The van der Waals surface area contributed by atoms with E-state index in [2.05, 4.69) is 25.9 Å². The number of furan rings is 1. The van der Waals surface area contributed by atoms with Gasteiger partial charge in [-0.1, -0.05) is 11.8 Å². The van der Waals surface area contributed by atoms with Crippen molar-refractivity contribution in [1.29, 1.82) is 0 Å². The molecule has 0 aromatic carbocycles. The zero-order valence-corrected chi connectivity index (χ0v) is 9.80. The first kappa shape index (κ1) is 9.73. The van der Waals surface area contributed by atoms with Crippen LogP contribution >= 0.6 is 27.7 Å². The fourth-order valence-electron chi connectivity index (χ4n) is 0.960. The Hall–Kier alpha value is -0.810. The number of aromatic nitrogens is 2. The first-order valence-corrected chi connectivity index (χ1v) is 5.56. The van der Waals surface area contributed by atoms with Gasteiger partial charge in [-0.3, -0.25) is 0 Å². The molecule has 0 unspecified atom stereocenters. The van der Waals surface area contributed by atoms with Crippen molar-refractivity contribution in [1.82, 2.24) is 9.97 Å². The van der Waals surface area contributed by atoms with Crippen LogP contribution in [0.1, 0.15) is 5.76 Å². The van der Waals surface area contributed by atoms with Crippen molar-refractivity contribution in [2.75, 3.05) is 0 Å². The molecule has 2 rings (SSSR count). The third-order valence-corrected chi connectivity index (χ3v) is 3.66. The minimum atomic E-state index is 0.893. The summed E-state index contributed by atoms with van der Waals surface area (Å²) in [7, 11) is 0. The normalized spacial score (nSPS) is 10.4. The van der Waals surface area contributed by atoms with Gasteiger partial charge in [-0.15, -0.1) is 0 Å². The summed E-state index contributed by atoms with van der Waals surface area (Å²) in [5, 5.41) is 0.893. The molecule has 0 saturated carbocycles. The van der Waals surface area contributed by atoms with Gasteiger partial charge in [0.05, 0.1) is 15.6 Å². The van der Waals surface area contributed by atoms with E-state index in [0.29, 0.717) is 0 Å². The lowest BCUT2D eigenvalue weighted by Crippen LogP contribution is -1.83. The van der Waals surface area contributed by atoms with Crippen molar-refractivity contribution in [2.24, 2.45) is 0 Å². The molecule has 3 nitrogen and oxygen atoms in total. The van der Waals surface area contributed by atoms with Crippen LogP contribution in [0.3, 0.4) is 0 Å². The molecule has 0 amide bonds. The van der Waals surface area contributed by atoms with Crippen LogP contribution in [0.2, 0.25) is 0 Å². The summed E-state index contributed by atoms with van der Waals surface area (Å²) in [6.45, 7) is 1.93. The monoisotopic (exact) mass is 270 g/mol. The summed E-state index contributed by atoms with van der Waals surface area (Å²) in [6.07, 6.45) is 4.93. The predicted octanol–water partition coefficient (Wildman–Crippen LogP) is 3.29. The van der Waals surface area contributed by atoms with Gasteiger partial charge < -0.3 is 4.42 Å². The quantitative estimate of drug-likeness (QED) is 0.785. The highest BCUT2D eigenvalue weighted by molar-refractivity contribution is 9.10. The van der Waals surface area contributed by atoms with E-state index in [1.165, 1.54) is 6.33 Å². The van der Waals surface area contributed by atoms with E-state index in [-0.39, 0.29) is 0 Å². The molecule has 0 saturated heterocycles. The van der Waals surface area contributed by atoms with Crippen molar-refractivity contribution in [3.05, 3.63) is 35.1 Å². The third kappa shape index (κ3) is 1.99. The van der Waals surface area contributed by atoms with Gasteiger partial charge in [0.2, 0.25) is 0 Å². The Labute approximate surface area is 94.1 Å². The summed E-state index contributed by atoms with van der Waals surface area (Å²) in [5.74, 6) is 0.903. The molecule has 0 atom stereocenters. The van der Waals surface area contributed by atoms with Crippen molar-refractivity contribution in [2.45, 2.75) is 16.8 Å². The fourth-order valence-corrected chi connectivity index (χ4v) is 2.20. The molecule has 0 bridgehead atoms. The van der Waals surface area contributed by atoms with Crippen LogP contribution in [-0.4, -0.2) is 9.97 Å². The molecule has 0 N–H and O–H groups in total. The average molecular weight is 271 g/mol. The second-order valence-corrected chi connectivity index (χ2v) is 4.50. The second kappa shape index (κ2) is 4.14. The van der Waals surface area contributed by atoms with Crippen LogP contribution in [0.15, 0.2) is 43.7 Å². The van der Waals surface area contributed by atoms with Crippen molar-refractivity contribution in [3.63, 3.8) is 0 Å². The summed E-state index contributed by atoms with van der Waals surface area (Å²) < 4.78 is 6.09. The van der Waals surface area contributed by atoms with E-state index >= 15 is 0 Å². The van der Waals surface area contributed by atoms with Crippen LogP contribution in [0.4, 0.5) is 0 Å². The van der Waals surface area contributed by atoms with Crippen LogP contribution in [0, 0.1) is 6.92 Å². The minimum absolute atomic E-state index is 0.893. The topological polar surface area (TPSA) is 38.9 Å². The highest BCUT2D eigenvalue weighted by Crippen LogP contribution is 2.33. The molecule has 2 aromatic rings. The van der Waals surface area contributed by atoms with Gasteiger partial charge in [0.15, 0.2) is 0 Å². The van der Waals surface area contributed by atoms with Gasteiger partial charge >= 0.3 is 0 Å². The summed E-state index contributed by atoms with van der Waals surface area (Å²) in [5.41, 5.74) is 0. The molecule has 14 heavy (non-hydrogen) atoms. The molecular weight excluding hydrogens is 264 g/mol. The highest BCUT2D eigenvalue weighted by Gasteiger charge is 2.07. The van der Waals surface area contributed by atoms with Crippen molar-refractivity contribution < 1.29 is 4.42 Å². The average Bonchev–Trinajstić information content (AvgIpc) is 2.56. The number of rotatable bonds is 2. The van der Waals surface area contributed by atoms with Gasteiger partial charge in [-0.2, -0.15) is 0 Å². The molecule has 0 aliphatic heterocycles. The van der Waals surface area contributed by atoms with Crippen molar-refractivity contribution in [3.8, 4) is 0 Å². The van der Waals surface area contributed by atoms with Gasteiger partial charge in [0, 0.05) is 6.20 Å². The maximum absolute atomic E-state index is 5.20. The minimum Gasteiger partial charge on any atom is -0.468 e. The summed E-state index contributed by atoms with van der Waals surface area (Å²) in [6, 6.07) is 1.93. The van der Waals surface area contributed by atoms with Gasteiger partial charge in [-0.25, -0.2) is 9.97 Å². The molecule has 5 heteroatoms. The molecule has 2 heterocycles. The van der Waals surface area contributed by atoms with Gasteiger partial charge in [0.1, 0.15) is 17.1 Å². The number of hydrogen-bond acceptors (Lipinski definition) is 4. The van der Waals surface area contributed by atoms with Crippen LogP contribution < -0.4 is 0 Å². The maximum atomic E-state index is 5.20. The Morgan fingerprint density at radius 1 is 1.50 bits per heavy atom. The largest absolute Gasteiger partial charge is 0.468 e. The van der Waals surface area contributed by atoms with E-state index < -0.39 is 0 Å². The third-order valence-electron chi connectivity index (χ3n) is 1.65. The van der Waals surface area contributed by atoms with Crippen molar-refractivity contribution >= 4 is 27.7 Å². The fraction of sp³-hybridized carbons (Fsp3) is 0.111. The molecule has 0 aliphatic carbocycles. The summed E-state index contributed by atoms with van der Waals surface area (Å²) >= 11 is 4.95. The Balaban J connectivity index is 2.28. The predicted molar refractivity (Wildman–Crippen MR) is 57.3 cm³/mol. The number of aryl methyl sites for hydroxylation is 1. The first-order valence-electron chi connectivity index (χ1n) is 3.95. The Morgan fingerprint density at radius 2 is 2.36 bits per heavy atom. The number of hydrogen-bond donors (Lipinski definition) is 0. The number of nitrogens with zero attached hydrogens (tertiary/aromatic N) is 2. The lowest BCUT2D eigenvalue weighted by atomic mass is 10.5. The van der Waals surface area contributed by atoms with Crippen LogP contribution in [0.25, 0.3) is 0 Å². The SMILES string of the molecule is Cc1occc1Sc1ncncc1Br. The van der Waals surface area contributed by atoms with Gasteiger partial charge in [-0.05, 0) is 28.9 Å². The van der Waals surface area contributed by atoms with E-state index in [9.17, 15) is 0 Å². The molecule has 0 radical (unpaired) electrons. The first-order chi connectivity index (χ1) is 6.77.